The second-order valence-electron chi connectivity index (χ2n) is 6.36. The van der Waals surface area contributed by atoms with Gasteiger partial charge in [-0.05, 0) is 29.2 Å². The Kier molecular flexibility index (Phi) is 3.00. The van der Waals surface area contributed by atoms with Gasteiger partial charge in [0.15, 0.2) is 5.96 Å². The van der Waals surface area contributed by atoms with Crippen LogP contribution in [-0.2, 0) is 0 Å². The summed E-state index contributed by atoms with van der Waals surface area (Å²) in [6, 6.07) is 10.8. The maximum absolute atomic E-state index is 6.00. The van der Waals surface area contributed by atoms with Gasteiger partial charge in [0.05, 0.1) is 0 Å². The van der Waals surface area contributed by atoms with Crippen molar-refractivity contribution < 1.29 is 0 Å². The van der Waals surface area contributed by atoms with Crippen LogP contribution in [0.4, 0.5) is 0 Å². The molecule has 19 heavy (non-hydrogen) atoms. The summed E-state index contributed by atoms with van der Waals surface area (Å²) in [6.45, 7) is 7.68. The molecule has 1 aliphatic carbocycles. The lowest BCUT2D eigenvalue weighted by atomic mass is 10.0. The van der Waals surface area contributed by atoms with Gasteiger partial charge < -0.3 is 10.6 Å². The van der Waals surface area contributed by atoms with E-state index in [1.165, 1.54) is 12.0 Å². The maximum Gasteiger partial charge on any atom is 0.191 e. The molecule has 3 nitrogen and oxygen atoms in total. The number of guanidine groups is 1. The third-order valence-corrected chi connectivity index (χ3v) is 4.84. The number of hydrogen-bond acceptors (Lipinski definition) is 1. The second kappa shape index (κ2) is 4.55. The summed E-state index contributed by atoms with van der Waals surface area (Å²) in [5.41, 5.74) is 7.79. The number of nitrogens with zero attached hydrogens (tertiary/aromatic N) is 2. The monoisotopic (exact) mass is 257 g/mol. The number of likely N-dealkylation sites (tertiary alicyclic amines) is 1. The minimum atomic E-state index is 0.347. The Morgan fingerprint density at radius 1 is 1.32 bits per heavy atom. The smallest absolute Gasteiger partial charge is 0.191 e. The van der Waals surface area contributed by atoms with E-state index in [1.54, 1.807) is 0 Å². The molecule has 0 radical (unpaired) electrons. The Balaban J connectivity index is 1.66. The fourth-order valence-corrected chi connectivity index (χ4v) is 3.24. The highest BCUT2D eigenvalue weighted by Crippen LogP contribution is 2.64. The zero-order valence-corrected chi connectivity index (χ0v) is 11.8. The van der Waals surface area contributed by atoms with Crippen LogP contribution in [0.2, 0.25) is 0 Å². The summed E-state index contributed by atoms with van der Waals surface area (Å²) in [4.78, 5) is 6.76. The van der Waals surface area contributed by atoms with Gasteiger partial charge in [-0.25, -0.2) is 0 Å². The van der Waals surface area contributed by atoms with Crippen LogP contribution in [-0.4, -0.2) is 30.5 Å². The molecule has 3 rings (SSSR count). The number of benzene rings is 1. The summed E-state index contributed by atoms with van der Waals surface area (Å²) in [5.74, 6) is 1.98. The van der Waals surface area contributed by atoms with Gasteiger partial charge >= 0.3 is 0 Å². The molecular weight excluding hydrogens is 234 g/mol. The van der Waals surface area contributed by atoms with E-state index in [9.17, 15) is 0 Å². The van der Waals surface area contributed by atoms with E-state index in [0.29, 0.717) is 17.3 Å². The van der Waals surface area contributed by atoms with Crippen LogP contribution in [0, 0.1) is 11.3 Å². The molecule has 3 heteroatoms. The van der Waals surface area contributed by atoms with Crippen molar-refractivity contribution in [1.82, 2.24) is 4.90 Å². The van der Waals surface area contributed by atoms with Crippen molar-refractivity contribution in [1.29, 1.82) is 0 Å². The SMILES string of the molecule is CC1(C)[C@@H](CN=C(N)N2CCC2)[C@@H]1c1ccccc1. The molecular formula is C16H23N3. The highest BCUT2D eigenvalue weighted by Gasteiger charge is 2.57. The average molecular weight is 257 g/mol. The summed E-state index contributed by atoms with van der Waals surface area (Å²) in [5, 5.41) is 0. The van der Waals surface area contributed by atoms with Crippen molar-refractivity contribution in [2.75, 3.05) is 19.6 Å². The van der Waals surface area contributed by atoms with Crippen LogP contribution in [0.15, 0.2) is 35.3 Å². The highest BCUT2D eigenvalue weighted by atomic mass is 15.3. The molecule has 1 aromatic rings. The van der Waals surface area contributed by atoms with E-state index in [0.717, 1.165) is 25.6 Å². The van der Waals surface area contributed by atoms with Crippen molar-refractivity contribution in [2.45, 2.75) is 26.2 Å². The summed E-state index contributed by atoms with van der Waals surface area (Å²) in [7, 11) is 0. The van der Waals surface area contributed by atoms with E-state index in [1.807, 2.05) is 0 Å². The Labute approximate surface area is 115 Å². The number of rotatable bonds is 3. The predicted octanol–water partition coefficient (Wildman–Crippen LogP) is 2.45. The second-order valence-corrected chi connectivity index (χ2v) is 6.36. The number of nitrogens with two attached hydrogens (primary N) is 1. The van der Waals surface area contributed by atoms with Crippen LogP contribution in [0.25, 0.3) is 0 Å². The zero-order chi connectivity index (χ0) is 13.5. The lowest BCUT2D eigenvalue weighted by Crippen LogP contribution is -2.46. The van der Waals surface area contributed by atoms with E-state index >= 15 is 0 Å². The Morgan fingerprint density at radius 3 is 2.58 bits per heavy atom. The van der Waals surface area contributed by atoms with E-state index in [-0.39, 0.29) is 0 Å². The Hall–Kier alpha value is -1.51. The molecule has 1 heterocycles. The predicted molar refractivity (Wildman–Crippen MR) is 79.1 cm³/mol. The third kappa shape index (κ3) is 2.22. The molecule has 0 bridgehead atoms. The first kappa shape index (κ1) is 12.5. The maximum atomic E-state index is 6.00. The normalized spacial score (nSPS) is 28.9. The Morgan fingerprint density at radius 2 is 2.00 bits per heavy atom. The third-order valence-electron chi connectivity index (χ3n) is 4.84. The van der Waals surface area contributed by atoms with E-state index < -0.39 is 0 Å². The van der Waals surface area contributed by atoms with Gasteiger partial charge in [-0.15, -0.1) is 0 Å². The largest absolute Gasteiger partial charge is 0.370 e. The van der Waals surface area contributed by atoms with E-state index in [2.05, 4.69) is 54.1 Å². The summed E-state index contributed by atoms with van der Waals surface area (Å²) in [6.07, 6.45) is 1.25. The summed E-state index contributed by atoms with van der Waals surface area (Å²) < 4.78 is 0. The molecule has 2 fully saturated rings. The molecule has 0 spiro atoms. The molecule has 102 valence electrons. The van der Waals surface area contributed by atoms with Gasteiger partial charge in [-0.1, -0.05) is 44.2 Å². The number of hydrogen-bond donors (Lipinski definition) is 1. The average Bonchev–Trinajstić information content (AvgIpc) is 2.87. The molecule has 2 N–H and O–H groups in total. The van der Waals surface area contributed by atoms with Gasteiger partial charge in [0, 0.05) is 19.6 Å². The molecule has 0 unspecified atom stereocenters. The molecule has 1 aliphatic heterocycles. The van der Waals surface area contributed by atoms with Gasteiger partial charge in [0.2, 0.25) is 0 Å². The van der Waals surface area contributed by atoms with Crippen molar-refractivity contribution >= 4 is 5.96 Å². The van der Waals surface area contributed by atoms with Gasteiger partial charge in [0.1, 0.15) is 0 Å². The standard InChI is InChI=1S/C16H23N3/c1-16(2)13(11-18-15(17)19-9-6-10-19)14(16)12-7-4-3-5-8-12/h3-5,7-8,13-14H,6,9-11H2,1-2H3,(H2,17,18)/t13-,14-/m0/s1. The lowest BCUT2D eigenvalue weighted by Gasteiger charge is -2.31. The van der Waals surface area contributed by atoms with Crippen LogP contribution >= 0.6 is 0 Å². The molecule has 2 atom stereocenters. The fraction of sp³-hybridized carbons (Fsp3) is 0.562. The molecule has 2 aliphatic rings. The molecule has 0 aromatic heterocycles. The van der Waals surface area contributed by atoms with Crippen LogP contribution in [0.5, 0.6) is 0 Å². The van der Waals surface area contributed by atoms with Gasteiger partial charge in [-0.2, -0.15) is 0 Å². The topological polar surface area (TPSA) is 41.6 Å². The van der Waals surface area contributed by atoms with Crippen LogP contribution in [0.3, 0.4) is 0 Å². The van der Waals surface area contributed by atoms with E-state index in [4.69, 9.17) is 5.73 Å². The summed E-state index contributed by atoms with van der Waals surface area (Å²) >= 11 is 0. The first-order valence-electron chi connectivity index (χ1n) is 7.20. The van der Waals surface area contributed by atoms with Gasteiger partial charge in [0.25, 0.3) is 0 Å². The van der Waals surface area contributed by atoms with Crippen molar-refractivity contribution in [3.8, 4) is 0 Å². The first-order chi connectivity index (χ1) is 9.10. The van der Waals surface area contributed by atoms with Crippen molar-refractivity contribution in [2.24, 2.45) is 22.1 Å². The van der Waals surface area contributed by atoms with Gasteiger partial charge in [-0.3, -0.25) is 4.99 Å². The fourth-order valence-electron chi connectivity index (χ4n) is 3.24. The molecule has 1 saturated heterocycles. The molecule has 1 aromatic carbocycles. The quantitative estimate of drug-likeness (QED) is 0.667. The zero-order valence-electron chi connectivity index (χ0n) is 11.8. The van der Waals surface area contributed by atoms with Crippen LogP contribution in [0.1, 0.15) is 31.7 Å². The van der Waals surface area contributed by atoms with Crippen molar-refractivity contribution in [3.05, 3.63) is 35.9 Å². The van der Waals surface area contributed by atoms with Crippen molar-refractivity contribution in [3.63, 3.8) is 0 Å². The molecule has 0 amide bonds. The lowest BCUT2D eigenvalue weighted by molar-refractivity contribution is 0.295. The highest BCUT2D eigenvalue weighted by molar-refractivity contribution is 5.78. The minimum absolute atomic E-state index is 0.347. The minimum Gasteiger partial charge on any atom is -0.370 e. The number of aliphatic imine (C=N–C) groups is 1. The molecule has 1 saturated carbocycles. The first-order valence-corrected chi connectivity index (χ1v) is 7.20. The Bertz CT molecular complexity index is 474. The van der Waals surface area contributed by atoms with Crippen LogP contribution < -0.4 is 5.73 Å².